The molecule has 0 aromatic heterocycles. The largest absolute Gasteiger partial charge is 0.305 e. The van der Waals surface area contributed by atoms with Crippen LogP contribution in [0, 0.1) is 12.7 Å². The van der Waals surface area contributed by atoms with Crippen molar-refractivity contribution in [2.45, 2.75) is 51.0 Å². The molecule has 0 unspecified atom stereocenters. The minimum Gasteiger partial charge on any atom is -0.305 e. The Morgan fingerprint density at radius 3 is 2.57 bits per heavy atom. The van der Waals surface area contributed by atoms with Gasteiger partial charge in [0.2, 0.25) is 10.0 Å². The number of amides is 1. The van der Waals surface area contributed by atoms with E-state index in [-0.39, 0.29) is 10.5 Å². The predicted molar refractivity (Wildman–Crippen MR) is 108 cm³/mol. The normalized spacial score (nSPS) is 14.7. The van der Waals surface area contributed by atoms with Crippen molar-refractivity contribution in [3.05, 3.63) is 58.9 Å². The van der Waals surface area contributed by atoms with Gasteiger partial charge in [0, 0.05) is 17.6 Å². The Balaban J connectivity index is 2.03. The summed E-state index contributed by atoms with van der Waals surface area (Å²) in [6.07, 6.45) is 1.44. The standard InChI is InChI=1S/C21H25FN2O3S/c1-14-10-11-16(28(26,27)23-21(2,3)4)13-17(14)20(25)24-12-6-8-15-7-5-9-18(22)19(15)24/h5,7,9-11,13,23H,6,8,12H2,1-4H3. The molecule has 2 aromatic rings. The van der Waals surface area contributed by atoms with E-state index in [1.165, 1.54) is 23.1 Å². The second-order valence-electron chi connectivity index (χ2n) is 8.14. The number of hydrogen-bond acceptors (Lipinski definition) is 3. The smallest absolute Gasteiger partial charge is 0.258 e. The molecule has 1 N–H and O–H groups in total. The number of nitrogens with one attached hydrogen (secondary N) is 1. The highest BCUT2D eigenvalue weighted by Gasteiger charge is 2.29. The van der Waals surface area contributed by atoms with Crippen molar-refractivity contribution in [1.82, 2.24) is 4.72 Å². The molecule has 1 aliphatic heterocycles. The van der Waals surface area contributed by atoms with Gasteiger partial charge >= 0.3 is 0 Å². The molecule has 5 nitrogen and oxygen atoms in total. The minimum atomic E-state index is -3.78. The first-order valence-corrected chi connectivity index (χ1v) is 10.7. The van der Waals surface area contributed by atoms with Crippen LogP contribution >= 0.6 is 0 Å². The fourth-order valence-corrected chi connectivity index (χ4v) is 4.86. The van der Waals surface area contributed by atoms with Gasteiger partial charge in [-0.1, -0.05) is 18.2 Å². The summed E-state index contributed by atoms with van der Waals surface area (Å²) in [6.45, 7) is 7.38. The third-order valence-electron chi connectivity index (χ3n) is 4.60. The molecule has 0 saturated heterocycles. The fraction of sp³-hybridized carbons (Fsp3) is 0.381. The number of hydrogen-bond donors (Lipinski definition) is 1. The first kappa shape index (κ1) is 20.5. The first-order valence-electron chi connectivity index (χ1n) is 9.23. The molecule has 1 aliphatic rings. The molecule has 0 saturated carbocycles. The lowest BCUT2D eigenvalue weighted by Gasteiger charge is -2.30. The van der Waals surface area contributed by atoms with Crippen LogP contribution in [0.2, 0.25) is 0 Å². The Bertz CT molecular complexity index is 1030. The molecule has 150 valence electrons. The molecule has 28 heavy (non-hydrogen) atoms. The van der Waals surface area contributed by atoms with Crippen LogP contribution in [-0.2, 0) is 16.4 Å². The maximum Gasteiger partial charge on any atom is 0.258 e. The van der Waals surface area contributed by atoms with Crippen LogP contribution < -0.4 is 9.62 Å². The number of halogens is 1. The Morgan fingerprint density at radius 1 is 1.18 bits per heavy atom. The number of para-hydroxylation sites is 1. The van der Waals surface area contributed by atoms with Crippen LogP contribution in [0.3, 0.4) is 0 Å². The maximum absolute atomic E-state index is 14.5. The van der Waals surface area contributed by atoms with Gasteiger partial charge in [-0.15, -0.1) is 0 Å². The van der Waals surface area contributed by atoms with E-state index in [1.54, 1.807) is 39.8 Å². The number of sulfonamides is 1. The van der Waals surface area contributed by atoms with E-state index in [2.05, 4.69) is 4.72 Å². The molecule has 2 aromatic carbocycles. The van der Waals surface area contributed by atoms with Crippen LogP contribution in [0.25, 0.3) is 0 Å². The number of carbonyl (C=O) groups is 1. The Hall–Kier alpha value is -2.25. The monoisotopic (exact) mass is 404 g/mol. The van der Waals surface area contributed by atoms with E-state index >= 15 is 0 Å². The molecular formula is C21H25FN2O3S. The summed E-state index contributed by atoms with van der Waals surface area (Å²) in [5.41, 5.74) is 1.33. The Labute approximate surface area is 165 Å². The lowest BCUT2D eigenvalue weighted by molar-refractivity contribution is 0.0983. The van der Waals surface area contributed by atoms with Gasteiger partial charge in [-0.2, -0.15) is 0 Å². The third-order valence-corrected chi connectivity index (χ3v) is 6.36. The zero-order valence-corrected chi connectivity index (χ0v) is 17.4. The van der Waals surface area contributed by atoms with Crippen molar-refractivity contribution in [3.8, 4) is 0 Å². The number of rotatable bonds is 3. The van der Waals surface area contributed by atoms with Crippen LogP contribution in [0.5, 0.6) is 0 Å². The van der Waals surface area contributed by atoms with E-state index in [9.17, 15) is 17.6 Å². The number of nitrogens with zero attached hydrogens (tertiary/aromatic N) is 1. The van der Waals surface area contributed by atoms with Crippen LogP contribution in [0.15, 0.2) is 41.3 Å². The highest BCUT2D eigenvalue weighted by Crippen LogP contribution is 2.32. The van der Waals surface area contributed by atoms with Gasteiger partial charge in [0.25, 0.3) is 5.91 Å². The molecule has 0 radical (unpaired) electrons. The molecule has 0 bridgehead atoms. The van der Waals surface area contributed by atoms with E-state index in [4.69, 9.17) is 0 Å². The zero-order chi connectivity index (χ0) is 20.7. The molecule has 0 aliphatic carbocycles. The molecule has 0 fully saturated rings. The Kier molecular flexibility index (Phi) is 5.34. The number of fused-ring (bicyclic) bond motifs is 1. The van der Waals surface area contributed by atoms with Crippen molar-refractivity contribution in [2.75, 3.05) is 11.4 Å². The van der Waals surface area contributed by atoms with Gasteiger partial charge in [0.15, 0.2) is 0 Å². The minimum absolute atomic E-state index is 0.0159. The van der Waals surface area contributed by atoms with Gasteiger partial charge in [0.1, 0.15) is 5.82 Å². The topological polar surface area (TPSA) is 66.5 Å². The molecule has 1 heterocycles. The van der Waals surface area contributed by atoms with E-state index in [0.717, 1.165) is 12.0 Å². The van der Waals surface area contributed by atoms with Gasteiger partial charge in [-0.3, -0.25) is 4.79 Å². The molecule has 0 spiro atoms. The van der Waals surface area contributed by atoms with Crippen LogP contribution in [0.1, 0.15) is 48.7 Å². The second kappa shape index (κ2) is 7.29. The number of carbonyl (C=O) groups excluding carboxylic acids is 1. The molecular weight excluding hydrogens is 379 g/mol. The molecule has 7 heteroatoms. The first-order chi connectivity index (χ1) is 13.0. The maximum atomic E-state index is 14.5. The van der Waals surface area contributed by atoms with Crippen LogP contribution in [0.4, 0.5) is 10.1 Å². The fourth-order valence-electron chi connectivity index (χ4n) is 3.41. The van der Waals surface area contributed by atoms with Gasteiger partial charge < -0.3 is 4.90 Å². The number of aryl methyl sites for hydroxylation is 2. The number of benzene rings is 2. The molecule has 1 amide bonds. The molecule has 0 atom stereocenters. The summed E-state index contributed by atoms with van der Waals surface area (Å²) < 4.78 is 42.4. The summed E-state index contributed by atoms with van der Waals surface area (Å²) >= 11 is 0. The summed E-state index contributed by atoms with van der Waals surface area (Å²) in [4.78, 5) is 14.7. The highest BCUT2D eigenvalue weighted by molar-refractivity contribution is 7.89. The third kappa shape index (κ3) is 4.10. The number of anilines is 1. The Morgan fingerprint density at radius 2 is 1.89 bits per heavy atom. The highest BCUT2D eigenvalue weighted by atomic mass is 32.2. The van der Waals surface area contributed by atoms with Crippen LogP contribution in [-0.4, -0.2) is 26.4 Å². The average molecular weight is 405 g/mol. The van der Waals surface area contributed by atoms with E-state index in [1.807, 2.05) is 6.07 Å². The lowest BCUT2D eigenvalue weighted by atomic mass is 9.99. The SMILES string of the molecule is Cc1ccc(S(=O)(=O)NC(C)(C)C)cc1C(=O)N1CCCc2cccc(F)c21. The predicted octanol–water partition coefficient (Wildman–Crippen LogP) is 3.80. The zero-order valence-electron chi connectivity index (χ0n) is 16.5. The summed E-state index contributed by atoms with van der Waals surface area (Å²) in [6, 6.07) is 9.26. The van der Waals surface area contributed by atoms with E-state index in [0.29, 0.717) is 24.2 Å². The van der Waals surface area contributed by atoms with Gasteiger partial charge in [-0.05, 0) is 69.9 Å². The van der Waals surface area contributed by atoms with Crippen molar-refractivity contribution in [2.24, 2.45) is 0 Å². The van der Waals surface area contributed by atoms with Gasteiger partial charge in [-0.25, -0.2) is 17.5 Å². The van der Waals surface area contributed by atoms with Crippen molar-refractivity contribution in [3.63, 3.8) is 0 Å². The van der Waals surface area contributed by atoms with Crippen molar-refractivity contribution >= 4 is 21.6 Å². The van der Waals surface area contributed by atoms with Crippen molar-refractivity contribution in [1.29, 1.82) is 0 Å². The average Bonchev–Trinajstić information content (AvgIpc) is 2.59. The lowest BCUT2D eigenvalue weighted by Crippen LogP contribution is -2.40. The van der Waals surface area contributed by atoms with E-state index < -0.39 is 27.3 Å². The quantitative estimate of drug-likeness (QED) is 0.846. The summed E-state index contributed by atoms with van der Waals surface area (Å²) in [5.74, 6) is -0.835. The second-order valence-corrected chi connectivity index (χ2v) is 9.82. The summed E-state index contributed by atoms with van der Waals surface area (Å²) in [7, 11) is -3.78. The van der Waals surface area contributed by atoms with Gasteiger partial charge in [0.05, 0.1) is 10.6 Å². The van der Waals surface area contributed by atoms with Crippen molar-refractivity contribution < 1.29 is 17.6 Å². The molecule has 3 rings (SSSR count). The summed E-state index contributed by atoms with van der Waals surface area (Å²) in [5, 5.41) is 0.